The second-order valence-electron chi connectivity index (χ2n) is 3.44. The van der Waals surface area contributed by atoms with E-state index in [4.69, 9.17) is 5.11 Å². The summed E-state index contributed by atoms with van der Waals surface area (Å²) in [6.07, 6.45) is 1.45. The van der Waals surface area contributed by atoms with Crippen LogP contribution in [0.4, 0.5) is 10.1 Å². The number of aliphatic hydroxyl groups is 1. The number of nitrogens with zero attached hydrogens (tertiary/aromatic N) is 2. The average Bonchev–Trinajstić information content (AvgIpc) is 2.36. The van der Waals surface area contributed by atoms with Crippen LogP contribution in [0.5, 0.6) is 0 Å². The molecule has 0 bridgehead atoms. The van der Waals surface area contributed by atoms with Crippen LogP contribution >= 0.6 is 11.8 Å². The third-order valence-corrected chi connectivity index (χ3v) is 3.38. The lowest BCUT2D eigenvalue weighted by Crippen LogP contribution is -1.96. The molecule has 0 aliphatic rings. The molecule has 0 amide bonds. The largest absolute Gasteiger partial charge is 0.396 e. The fourth-order valence-corrected chi connectivity index (χ4v) is 2.40. The molecular weight excluding hydrogens is 259 g/mol. The maximum absolute atomic E-state index is 13.8. The van der Waals surface area contributed by atoms with Crippen molar-refractivity contribution in [2.75, 3.05) is 12.4 Å². The summed E-state index contributed by atoms with van der Waals surface area (Å²) in [5.41, 5.74) is -0.0494. The van der Waals surface area contributed by atoms with E-state index < -0.39 is 10.7 Å². The molecule has 5 nitrogen and oxygen atoms in total. The summed E-state index contributed by atoms with van der Waals surface area (Å²) >= 11 is 1.09. The number of non-ortho nitro benzene ring substituents is 1. The van der Waals surface area contributed by atoms with Crippen molar-refractivity contribution < 1.29 is 14.4 Å². The summed E-state index contributed by atoms with van der Waals surface area (Å²) < 4.78 is 13.8. The van der Waals surface area contributed by atoms with Gasteiger partial charge in [-0.15, -0.1) is 11.8 Å². The van der Waals surface area contributed by atoms with Crippen LogP contribution in [0.25, 0.3) is 10.9 Å². The zero-order valence-electron chi connectivity index (χ0n) is 9.17. The average molecular weight is 268 g/mol. The minimum atomic E-state index is -0.689. The van der Waals surface area contributed by atoms with Gasteiger partial charge in [-0.3, -0.25) is 15.1 Å². The Kier molecular flexibility index (Phi) is 3.73. The molecule has 1 heterocycles. The van der Waals surface area contributed by atoms with Gasteiger partial charge >= 0.3 is 0 Å². The fraction of sp³-hybridized carbons (Fsp3) is 0.182. The first-order valence-corrected chi connectivity index (χ1v) is 6.09. The van der Waals surface area contributed by atoms with Gasteiger partial charge in [0.05, 0.1) is 33.4 Å². The van der Waals surface area contributed by atoms with Gasteiger partial charge < -0.3 is 5.11 Å². The van der Waals surface area contributed by atoms with Crippen LogP contribution in [-0.4, -0.2) is 27.4 Å². The van der Waals surface area contributed by atoms with Crippen molar-refractivity contribution in [2.45, 2.75) is 4.90 Å². The van der Waals surface area contributed by atoms with E-state index in [1.807, 2.05) is 0 Å². The van der Waals surface area contributed by atoms with E-state index in [2.05, 4.69) is 4.98 Å². The second kappa shape index (κ2) is 5.28. The fourth-order valence-electron chi connectivity index (χ4n) is 1.61. The number of benzene rings is 1. The Morgan fingerprint density at radius 1 is 1.56 bits per heavy atom. The van der Waals surface area contributed by atoms with Crippen LogP contribution in [0, 0.1) is 15.9 Å². The molecule has 94 valence electrons. The SMILES string of the molecule is O=[N+]([O-])c1cc(F)c(SCCO)c2ncccc12. The predicted molar refractivity (Wildman–Crippen MR) is 66.2 cm³/mol. The summed E-state index contributed by atoms with van der Waals surface area (Å²) in [5.74, 6) is -0.383. The van der Waals surface area contributed by atoms with E-state index >= 15 is 0 Å². The van der Waals surface area contributed by atoms with Gasteiger partial charge in [0.1, 0.15) is 5.82 Å². The van der Waals surface area contributed by atoms with Crippen LogP contribution in [0.3, 0.4) is 0 Å². The highest BCUT2D eigenvalue weighted by Crippen LogP contribution is 2.34. The van der Waals surface area contributed by atoms with Crippen molar-refractivity contribution in [1.82, 2.24) is 4.98 Å². The van der Waals surface area contributed by atoms with Crippen molar-refractivity contribution in [1.29, 1.82) is 0 Å². The Balaban J connectivity index is 2.69. The molecule has 1 aromatic heterocycles. The summed E-state index contributed by atoms with van der Waals surface area (Å²) in [4.78, 5) is 14.4. The Morgan fingerprint density at radius 2 is 2.33 bits per heavy atom. The zero-order valence-corrected chi connectivity index (χ0v) is 9.98. The van der Waals surface area contributed by atoms with Gasteiger partial charge in [-0.2, -0.15) is 0 Å². The van der Waals surface area contributed by atoms with Crippen LogP contribution in [0.15, 0.2) is 29.3 Å². The van der Waals surface area contributed by atoms with E-state index in [9.17, 15) is 14.5 Å². The molecule has 7 heteroatoms. The number of hydrogen-bond donors (Lipinski definition) is 1. The highest BCUT2D eigenvalue weighted by atomic mass is 32.2. The van der Waals surface area contributed by atoms with Gasteiger partial charge in [0, 0.05) is 11.9 Å². The summed E-state index contributed by atoms with van der Waals surface area (Å²) in [5, 5.41) is 19.9. The van der Waals surface area contributed by atoms with Crippen molar-refractivity contribution in [2.24, 2.45) is 0 Å². The van der Waals surface area contributed by atoms with Crippen LogP contribution < -0.4 is 0 Å². The molecule has 0 saturated carbocycles. The van der Waals surface area contributed by atoms with Gasteiger partial charge in [-0.1, -0.05) is 0 Å². The van der Waals surface area contributed by atoms with E-state index in [1.54, 1.807) is 6.07 Å². The summed E-state index contributed by atoms with van der Waals surface area (Å²) in [6, 6.07) is 3.99. The molecule has 0 radical (unpaired) electrons. The number of pyridine rings is 1. The molecule has 0 saturated heterocycles. The molecule has 1 N–H and O–H groups in total. The van der Waals surface area contributed by atoms with E-state index in [-0.39, 0.29) is 22.7 Å². The Hall–Kier alpha value is -1.73. The van der Waals surface area contributed by atoms with Gasteiger partial charge in [-0.05, 0) is 12.1 Å². The Morgan fingerprint density at radius 3 is 3.00 bits per heavy atom. The first-order valence-electron chi connectivity index (χ1n) is 5.10. The lowest BCUT2D eigenvalue weighted by Gasteiger charge is -2.06. The lowest BCUT2D eigenvalue weighted by atomic mass is 10.2. The highest BCUT2D eigenvalue weighted by molar-refractivity contribution is 7.99. The maximum atomic E-state index is 13.8. The smallest absolute Gasteiger partial charge is 0.281 e. The maximum Gasteiger partial charge on any atom is 0.281 e. The lowest BCUT2D eigenvalue weighted by molar-refractivity contribution is -0.383. The minimum absolute atomic E-state index is 0.102. The van der Waals surface area contributed by atoms with Crippen molar-refractivity contribution in [3.63, 3.8) is 0 Å². The number of thioether (sulfide) groups is 1. The monoisotopic (exact) mass is 268 g/mol. The number of nitro groups is 1. The molecule has 0 aliphatic carbocycles. The van der Waals surface area contributed by atoms with Gasteiger partial charge in [0.2, 0.25) is 0 Å². The quantitative estimate of drug-likeness (QED) is 0.523. The van der Waals surface area contributed by atoms with E-state index in [0.717, 1.165) is 17.8 Å². The van der Waals surface area contributed by atoms with Crippen molar-refractivity contribution in [3.8, 4) is 0 Å². The molecule has 0 spiro atoms. The van der Waals surface area contributed by atoms with Crippen LogP contribution in [0.1, 0.15) is 0 Å². The standard InChI is InChI=1S/C11H9FN2O3S/c12-8-6-9(14(16)17)7-2-1-3-13-10(7)11(8)18-5-4-15/h1-3,6,15H,4-5H2. The zero-order chi connectivity index (χ0) is 13.1. The third kappa shape index (κ3) is 2.27. The molecule has 0 unspecified atom stereocenters. The molecule has 1 aromatic carbocycles. The van der Waals surface area contributed by atoms with E-state index in [1.165, 1.54) is 12.3 Å². The molecular formula is C11H9FN2O3S. The number of aliphatic hydroxyl groups excluding tert-OH is 1. The van der Waals surface area contributed by atoms with Gasteiger partial charge in [0.25, 0.3) is 5.69 Å². The number of nitro benzene ring substituents is 1. The first-order chi connectivity index (χ1) is 8.65. The third-order valence-electron chi connectivity index (χ3n) is 2.31. The molecule has 0 aliphatic heterocycles. The van der Waals surface area contributed by atoms with Gasteiger partial charge in [-0.25, -0.2) is 4.39 Å². The normalized spacial score (nSPS) is 10.8. The number of halogens is 1. The van der Waals surface area contributed by atoms with Crippen molar-refractivity contribution in [3.05, 3.63) is 40.3 Å². The Bertz CT molecular complexity index is 606. The molecule has 0 atom stereocenters. The first kappa shape index (κ1) is 12.7. The summed E-state index contributed by atoms with van der Waals surface area (Å²) in [7, 11) is 0. The van der Waals surface area contributed by atoms with E-state index in [0.29, 0.717) is 11.1 Å². The van der Waals surface area contributed by atoms with Gasteiger partial charge in [0.15, 0.2) is 0 Å². The number of hydrogen-bond acceptors (Lipinski definition) is 5. The summed E-state index contributed by atoms with van der Waals surface area (Å²) in [6.45, 7) is -0.102. The number of fused-ring (bicyclic) bond motifs is 1. The number of rotatable bonds is 4. The predicted octanol–water partition coefficient (Wildman–Crippen LogP) is 2.37. The van der Waals surface area contributed by atoms with Crippen LogP contribution in [0.2, 0.25) is 0 Å². The van der Waals surface area contributed by atoms with Crippen molar-refractivity contribution >= 4 is 28.4 Å². The Labute approximate surface area is 106 Å². The molecule has 18 heavy (non-hydrogen) atoms. The topological polar surface area (TPSA) is 76.3 Å². The highest BCUT2D eigenvalue weighted by Gasteiger charge is 2.19. The molecule has 0 fully saturated rings. The molecule has 2 aromatic rings. The minimum Gasteiger partial charge on any atom is -0.396 e. The second-order valence-corrected chi connectivity index (χ2v) is 4.54. The number of aromatic nitrogens is 1. The molecule has 2 rings (SSSR count). The van der Waals surface area contributed by atoms with Crippen LogP contribution in [-0.2, 0) is 0 Å².